The first-order chi connectivity index (χ1) is 10.2. The highest BCUT2D eigenvalue weighted by Crippen LogP contribution is 2.59. The smallest absolute Gasteiger partial charge is 0.269 e. The fraction of sp³-hybridized carbons (Fsp3) is 0.444. The van der Waals surface area contributed by atoms with Gasteiger partial charge in [-0.2, -0.15) is 0 Å². The van der Waals surface area contributed by atoms with Crippen LogP contribution in [-0.2, 0) is 4.79 Å². The molecule has 0 aliphatic heterocycles. The van der Waals surface area contributed by atoms with Gasteiger partial charge in [-0.3, -0.25) is 20.4 Å². The second-order valence-corrected chi connectivity index (χ2v) is 6.88. The number of hydrogen-bond donors (Lipinski definition) is 2. The van der Waals surface area contributed by atoms with Gasteiger partial charge in [-0.25, -0.2) is 0 Å². The molecule has 4 nitrogen and oxygen atoms in total. The van der Waals surface area contributed by atoms with Crippen LogP contribution >= 0.6 is 0 Å². The number of benzene rings is 1. The third kappa shape index (κ3) is 3.38. The second-order valence-electron chi connectivity index (χ2n) is 6.88. The van der Waals surface area contributed by atoms with Gasteiger partial charge in [-0.1, -0.05) is 43.2 Å². The first-order valence-corrected chi connectivity index (χ1v) is 7.55. The van der Waals surface area contributed by atoms with Crippen molar-refractivity contribution in [2.24, 2.45) is 17.3 Å². The minimum absolute atomic E-state index is 0.0596. The lowest BCUT2D eigenvalue weighted by molar-refractivity contribution is -0.123. The van der Waals surface area contributed by atoms with Gasteiger partial charge in [0.1, 0.15) is 0 Å². The Morgan fingerprint density at radius 1 is 1.09 bits per heavy atom. The Morgan fingerprint density at radius 3 is 2.23 bits per heavy atom. The molecule has 2 atom stereocenters. The second kappa shape index (κ2) is 5.95. The zero-order valence-corrected chi connectivity index (χ0v) is 13.9. The lowest BCUT2D eigenvalue weighted by Crippen LogP contribution is -2.43. The molecule has 2 N–H and O–H groups in total. The Bertz CT molecular complexity index is 610. The number of carbonyl (C=O) groups excluding carboxylic acids is 2. The Kier molecular flexibility index (Phi) is 4.40. The fourth-order valence-electron chi connectivity index (χ4n) is 2.82. The van der Waals surface area contributed by atoms with Gasteiger partial charge in [0.2, 0.25) is 5.91 Å². The van der Waals surface area contributed by atoms with Crippen molar-refractivity contribution >= 4 is 11.8 Å². The van der Waals surface area contributed by atoms with Crippen LogP contribution in [0.4, 0.5) is 0 Å². The highest BCUT2D eigenvalue weighted by molar-refractivity contribution is 5.96. The Morgan fingerprint density at radius 2 is 1.68 bits per heavy atom. The minimum atomic E-state index is -0.300. The molecule has 22 heavy (non-hydrogen) atoms. The number of hydrogen-bond acceptors (Lipinski definition) is 2. The quantitative estimate of drug-likeness (QED) is 0.666. The average Bonchev–Trinajstić information content (AvgIpc) is 2.96. The molecule has 1 aromatic rings. The third-order valence-electron chi connectivity index (χ3n) is 4.32. The summed E-state index contributed by atoms with van der Waals surface area (Å²) in [7, 11) is 0. The number of rotatable bonds is 3. The van der Waals surface area contributed by atoms with Gasteiger partial charge >= 0.3 is 0 Å². The Labute approximate surface area is 132 Å². The van der Waals surface area contributed by atoms with E-state index in [2.05, 4.69) is 30.8 Å². The zero-order valence-electron chi connectivity index (χ0n) is 13.9. The van der Waals surface area contributed by atoms with Crippen LogP contribution < -0.4 is 10.9 Å². The molecule has 0 spiro atoms. The standard InChI is InChI=1S/C18H24N2O2/c1-11(2)10-14-15(18(14,4)5)17(22)20-19-16(21)13-8-6-12(3)7-9-13/h6-10,14-15H,1-5H3,(H,19,21)(H,20,22). The molecule has 4 heteroatoms. The lowest BCUT2D eigenvalue weighted by atomic mass is 10.1. The van der Waals surface area contributed by atoms with Crippen molar-refractivity contribution in [2.45, 2.75) is 34.6 Å². The number of carbonyl (C=O) groups is 2. The summed E-state index contributed by atoms with van der Waals surface area (Å²) >= 11 is 0. The predicted molar refractivity (Wildman–Crippen MR) is 87.0 cm³/mol. The summed E-state index contributed by atoms with van der Waals surface area (Å²) in [5.74, 6) is -0.298. The first-order valence-electron chi connectivity index (χ1n) is 7.55. The van der Waals surface area contributed by atoms with Crippen molar-refractivity contribution in [3.63, 3.8) is 0 Å². The van der Waals surface area contributed by atoms with Gasteiger partial charge in [-0.05, 0) is 44.2 Å². The number of amides is 2. The average molecular weight is 300 g/mol. The number of hydrazine groups is 1. The summed E-state index contributed by atoms with van der Waals surface area (Å²) in [5, 5.41) is 0. The molecule has 2 unspecified atom stereocenters. The van der Waals surface area contributed by atoms with E-state index in [0.717, 1.165) is 5.56 Å². The summed E-state index contributed by atoms with van der Waals surface area (Å²) in [6.45, 7) is 10.2. The monoisotopic (exact) mass is 300 g/mol. The van der Waals surface area contributed by atoms with E-state index >= 15 is 0 Å². The van der Waals surface area contributed by atoms with Gasteiger partial charge in [-0.15, -0.1) is 0 Å². The molecule has 2 amide bonds. The van der Waals surface area contributed by atoms with Crippen LogP contribution in [0.25, 0.3) is 0 Å². The largest absolute Gasteiger partial charge is 0.273 e. The lowest BCUT2D eigenvalue weighted by Gasteiger charge is -2.08. The number of nitrogens with one attached hydrogen (secondary N) is 2. The summed E-state index contributed by atoms with van der Waals surface area (Å²) in [6.07, 6.45) is 2.13. The van der Waals surface area contributed by atoms with Crippen LogP contribution in [0.5, 0.6) is 0 Å². The van der Waals surface area contributed by atoms with Crippen molar-refractivity contribution in [2.75, 3.05) is 0 Å². The van der Waals surface area contributed by atoms with Crippen LogP contribution in [0.2, 0.25) is 0 Å². The summed E-state index contributed by atoms with van der Waals surface area (Å²) < 4.78 is 0. The van der Waals surface area contributed by atoms with E-state index in [9.17, 15) is 9.59 Å². The van der Waals surface area contributed by atoms with E-state index in [-0.39, 0.29) is 29.1 Å². The Hall–Kier alpha value is -2.10. The van der Waals surface area contributed by atoms with Crippen LogP contribution in [0.1, 0.15) is 43.6 Å². The molecule has 0 heterocycles. The SMILES string of the molecule is CC(C)=CC1C(C(=O)NNC(=O)c2ccc(C)cc2)C1(C)C. The first kappa shape index (κ1) is 16.3. The molecule has 0 radical (unpaired) electrons. The van der Waals surface area contributed by atoms with E-state index < -0.39 is 0 Å². The van der Waals surface area contributed by atoms with Crippen molar-refractivity contribution in [3.8, 4) is 0 Å². The van der Waals surface area contributed by atoms with Crippen molar-refractivity contribution in [3.05, 3.63) is 47.0 Å². The molecule has 0 saturated heterocycles. The van der Waals surface area contributed by atoms with Crippen molar-refractivity contribution in [1.29, 1.82) is 0 Å². The van der Waals surface area contributed by atoms with Gasteiger partial charge in [0.25, 0.3) is 5.91 Å². The van der Waals surface area contributed by atoms with E-state index in [1.807, 2.05) is 32.9 Å². The molecular formula is C18H24N2O2. The fourth-order valence-corrected chi connectivity index (χ4v) is 2.82. The highest BCUT2D eigenvalue weighted by atomic mass is 16.2. The molecule has 118 valence electrons. The predicted octanol–water partition coefficient (Wildman–Crippen LogP) is 2.99. The van der Waals surface area contributed by atoms with Crippen LogP contribution in [0.15, 0.2) is 35.9 Å². The maximum Gasteiger partial charge on any atom is 0.269 e. The molecule has 0 aromatic heterocycles. The molecule has 1 aliphatic carbocycles. The highest BCUT2D eigenvalue weighted by Gasteiger charge is 2.60. The zero-order chi connectivity index (χ0) is 16.5. The molecule has 1 saturated carbocycles. The van der Waals surface area contributed by atoms with Gasteiger partial charge in [0.15, 0.2) is 0 Å². The minimum Gasteiger partial charge on any atom is -0.273 e. The van der Waals surface area contributed by atoms with Crippen LogP contribution in [-0.4, -0.2) is 11.8 Å². The molecule has 1 aromatic carbocycles. The summed E-state index contributed by atoms with van der Waals surface area (Å²) in [6, 6.07) is 7.21. The summed E-state index contributed by atoms with van der Waals surface area (Å²) in [4.78, 5) is 24.2. The topological polar surface area (TPSA) is 58.2 Å². The maximum atomic E-state index is 12.2. The normalized spacial score (nSPS) is 21.7. The summed E-state index contributed by atoms with van der Waals surface area (Å²) in [5.41, 5.74) is 7.80. The number of allylic oxidation sites excluding steroid dienone is 2. The van der Waals surface area contributed by atoms with Crippen LogP contribution in [0.3, 0.4) is 0 Å². The molecule has 1 fully saturated rings. The molecular weight excluding hydrogens is 276 g/mol. The van der Waals surface area contributed by atoms with Gasteiger partial charge < -0.3 is 0 Å². The van der Waals surface area contributed by atoms with E-state index in [1.165, 1.54) is 5.57 Å². The van der Waals surface area contributed by atoms with Crippen molar-refractivity contribution < 1.29 is 9.59 Å². The van der Waals surface area contributed by atoms with E-state index in [1.54, 1.807) is 12.1 Å². The van der Waals surface area contributed by atoms with Gasteiger partial charge in [0.05, 0.1) is 5.92 Å². The third-order valence-corrected chi connectivity index (χ3v) is 4.32. The van der Waals surface area contributed by atoms with Crippen molar-refractivity contribution in [1.82, 2.24) is 10.9 Å². The molecule has 2 rings (SSSR count). The molecule has 0 bridgehead atoms. The Balaban J connectivity index is 1.92. The van der Waals surface area contributed by atoms with E-state index in [0.29, 0.717) is 5.56 Å². The maximum absolute atomic E-state index is 12.2. The number of aryl methyl sites for hydroxylation is 1. The van der Waals surface area contributed by atoms with E-state index in [4.69, 9.17) is 0 Å². The van der Waals surface area contributed by atoms with Gasteiger partial charge in [0, 0.05) is 5.56 Å². The van der Waals surface area contributed by atoms with Crippen LogP contribution in [0, 0.1) is 24.2 Å². The molecule has 1 aliphatic rings.